The number of hydrogen-bond acceptors (Lipinski definition) is 7. The first-order chi connectivity index (χ1) is 8.96. The summed E-state index contributed by atoms with van der Waals surface area (Å²) in [6, 6.07) is 0.179. The molecule has 0 aliphatic carbocycles. The number of nitrogens with two attached hydrogens (primary N) is 1. The molecule has 0 aliphatic rings. The van der Waals surface area contributed by atoms with Gasteiger partial charge in [-0.2, -0.15) is 4.98 Å². The van der Waals surface area contributed by atoms with E-state index in [1.165, 1.54) is 0 Å². The standard InChI is InChI=1S/C11H20N6O2/c1-5-8(6-2)16(4)10-9(17(18)19)7(3)13-11(14-10)15-12/h8H,5-6,12H2,1-4H3,(H,13,14,15). The van der Waals surface area contributed by atoms with Crippen molar-refractivity contribution in [3.63, 3.8) is 0 Å². The molecule has 0 amide bonds. The zero-order valence-corrected chi connectivity index (χ0v) is 11.7. The molecule has 0 saturated heterocycles. The highest BCUT2D eigenvalue weighted by atomic mass is 16.6. The van der Waals surface area contributed by atoms with Gasteiger partial charge in [0.15, 0.2) is 0 Å². The highest BCUT2D eigenvalue weighted by molar-refractivity contribution is 5.62. The number of hydrazine groups is 1. The van der Waals surface area contributed by atoms with Gasteiger partial charge in [-0.1, -0.05) is 13.8 Å². The van der Waals surface area contributed by atoms with Crippen molar-refractivity contribution in [2.75, 3.05) is 17.4 Å². The van der Waals surface area contributed by atoms with Crippen LogP contribution in [-0.2, 0) is 0 Å². The van der Waals surface area contributed by atoms with E-state index in [1.54, 1.807) is 14.0 Å². The molecule has 1 aromatic rings. The smallest absolute Gasteiger partial charge is 0.332 e. The van der Waals surface area contributed by atoms with Crippen LogP contribution in [0, 0.1) is 17.0 Å². The van der Waals surface area contributed by atoms with Gasteiger partial charge in [-0.3, -0.25) is 15.5 Å². The second-order valence-electron chi connectivity index (χ2n) is 4.29. The number of nitro groups is 1. The molecule has 0 fully saturated rings. The minimum absolute atomic E-state index is 0.0756. The number of nitrogen functional groups attached to an aromatic ring is 1. The quantitative estimate of drug-likeness (QED) is 0.458. The summed E-state index contributed by atoms with van der Waals surface area (Å²) >= 11 is 0. The second-order valence-corrected chi connectivity index (χ2v) is 4.29. The minimum atomic E-state index is -0.455. The van der Waals surface area contributed by atoms with E-state index >= 15 is 0 Å². The zero-order chi connectivity index (χ0) is 14.6. The molecular weight excluding hydrogens is 248 g/mol. The first-order valence-electron chi connectivity index (χ1n) is 6.18. The van der Waals surface area contributed by atoms with Gasteiger partial charge in [-0.15, -0.1) is 0 Å². The lowest BCUT2D eigenvalue weighted by molar-refractivity contribution is -0.385. The van der Waals surface area contributed by atoms with Crippen molar-refractivity contribution < 1.29 is 4.92 Å². The molecule has 0 spiro atoms. The molecule has 8 heteroatoms. The fraction of sp³-hybridized carbons (Fsp3) is 0.636. The fourth-order valence-electron chi connectivity index (χ4n) is 2.09. The Kier molecular flexibility index (Phi) is 4.99. The molecule has 0 radical (unpaired) electrons. The monoisotopic (exact) mass is 268 g/mol. The van der Waals surface area contributed by atoms with E-state index in [0.29, 0.717) is 11.5 Å². The van der Waals surface area contributed by atoms with Crippen molar-refractivity contribution in [2.24, 2.45) is 5.84 Å². The van der Waals surface area contributed by atoms with E-state index in [4.69, 9.17) is 5.84 Å². The Hall–Kier alpha value is -1.96. The largest absolute Gasteiger partial charge is 0.351 e. The van der Waals surface area contributed by atoms with Crippen LogP contribution in [0.1, 0.15) is 32.4 Å². The maximum atomic E-state index is 11.2. The van der Waals surface area contributed by atoms with Crippen molar-refractivity contribution in [1.29, 1.82) is 0 Å². The van der Waals surface area contributed by atoms with Crippen LogP contribution in [0.2, 0.25) is 0 Å². The SMILES string of the molecule is CCC(CC)N(C)c1nc(NN)nc(C)c1[N+](=O)[O-]. The molecule has 8 nitrogen and oxygen atoms in total. The van der Waals surface area contributed by atoms with E-state index in [-0.39, 0.29) is 17.7 Å². The van der Waals surface area contributed by atoms with Crippen molar-refractivity contribution in [3.8, 4) is 0 Å². The van der Waals surface area contributed by atoms with Gasteiger partial charge >= 0.3 is 5.69 Å². The van der Waals surface area contributed by atoms with Gasteiger partial charge in [-0.25, -0.2) is 10.8 Å². The van der Waals surface area contributed by atoms with Gasteiger partial charge < -0.3 is 4.90 Å². The molecule has 0 unspecified atom stereocenters. The number of nitrogens with zero attached hydrogens (tertiary/aromatic N) is 4. The summed E-state index contributed by atoms with van der Waals surface area (Å²) in [5.41, 5.74) is 2.55. The summed E-state index contributed by atoms with van der Waals surface area (Å²) in [5.74, 6) is 5.76. The van der Waals surface area contributed by atoms with Crippen LogP contribution in [-0.4, -0.2) is 28.0 Å². The van der Waals surface area contributed by atoms with Gasteiger partial charge in [0.1, 0.15) is 5.69 Å². The predicted molar refractivity (Wildman–Crippen MR) is 74.0 cm³/mol. The molecular formula is C11H20N6O2. The molecule has 3 N–H and O–H groups in total. The molecule has 1 rings (SSSR count). The van der Waals surface area contributed by atoms with Gasteiger partial charge in [-0.05, 0) is 19.8 Å². The predicted octanol–water partition coefficient (Wildman–Crippen LogP) is 1.60. The number of nitrogens with one attached hydrogen (secondary N) is 1. The lowest BCUT2D eigenvalue weighted by Gasteiger charge is -2.27. The Morgan fingerprint density at radius 3 is 2.42 bits per heavy atom. The van der Waals surface area contributed by atoms with E-state index in [0.717, 1.165) is 12.8 Å². The molecule has 0 aromatic carbocycles. The minimum Gasteiger partial charge on any atom is -0.351 e. The molecule has 0 bridgehead atoms. The van der Waals surface area contributed by atoms with Gasteiger partial charge in [0.2, 0.25) is 11.8 Å². The molecule has 19 heavy (non-hydrogen) atoms. The average molecular weight is 268 g/mol. The van der Waals surface area contributed by atoms with E-state index in [1.807, 2.05) is 18.7 Å². The second kappa shape index (κ2) is 6.28. The Labute approximate surface area is 112 Å². The van der Waals surface area contributed by atoms with Crippen LogP contribution in [0.15, 0.2) is 0 Å². The normalized spacial score (nSPS) is 10.6. The lowest BCUT2D eigenvalue weighted by atomic mass is 10.1. The summed E-state index contributed by atoms with van der Waals surface area (Å²) < 4.78 is 0. The Bertz CT molecular complexity index is 461. The lowest BCUT2D eigenvalue weighted by Crippen LogP contribution is -2.32. The van der Waals surface area contributed by atoms with Crippen LogP contribution < -0.4 is 16.2 Å². The van der Waals surface area contributed by atoms with Gasteiger partial charge in [0.05, 0.1) is 4.92 Å². The number of anilines is 2. The number of aryl methyl sites for hydroxylation is 1. The summed E-state index contributed by atoms with van der Waals surface area (Å²) in [6.45, 7) is 5.64. The topological polar surface area (TPSA) is 110 Å². The maximum Gasteiger partial charge on any atom is 0.332 e. The van der Waals surface area contributed by atoms with Crippen LogP contribution in [0.25, 0.3) is 0 Å². The third kappa shape index (κ3) is 3.08. The number of hydrogen-bond donors (Lipinski definition) is 2. The third-order valence-electron chi connectivity index (χ3n) is 3.18. The molecule has 1 aromatic heterocycles. The highest BCUT2D eigenvalue weighted by Crippen LogP contribution is 2.30. The molecule has 0 saturated carbocycles. The maximum absolute atomic E-state index is 11.2. The Morgan fingerprint density at radius 2 is 2.00 bits per heavy atom. The van der Waals surface area contributed by atoms with Crippen molar-refractivity contribution in [1.82, 2.24) is 9.97 Å². The van der Waals surface area contributed by atoms with Gasteiger partial charge in [0, 0.05) is 13.1 Å². The number of aromatic nitrogens is 2. The summed E-state index contributed by atoms with van der Waals surface area (Å²) in [5, 5.41) is 11.2. The van der Waals surface area contributed by atoms with Crippen molar-refractivity contribution in [3.05, 3.63) is 15.8 Å². The van der Waals surface area contributed by atoms with Gasteiger partial charge in [0.25, 0.3) is 0 Å². The number of rotatable bonds is 6. The third-order valence-corrected chi connectivity index (χ3v) is 3.18. The molecule has 0 aliphatic heterocycles. The summed E-state index contributed by atoms with van der Waals surface area (Å²) in [7, 11) is 1.80. The summed E-state index contributed by atoms with van der Waals surface area (Å²) in [4.78, 5) is 20.6. The van der Waals surface area contributed by atoms with E-state index in [2.05, 4.69) is 15.4 Å². The van der Waals surface area contributed by atoms with E-state index in [9.17, 15) is 10.1 Å². The first-order valence-corrected chi connectivity index (χ1v) is 6.18. The zero-order valence-electron chi connectivity index (χ0n) is 11.7. The first kappa shape index (κ1) is 15.1. The van der Waals surface area contributed by atoms with Crippen molar-refractivity contribution in [2.45, 2.75) is 39.7 Å². The van der Waals surface area contributed by atoms with Crippen LogP contribution in [0.5, 0.6) is 0 Å². The van der Waals surface area contributed by atoms with Crippen molar-refractivity contribution >= 4 is 17.5 Å². The molecule has 106 valence electrons. The average Bonchev–Trinajstić information content (AvgIpc) is 2.38. The van der Waals surface area contributed by atoms with Crippen LogP contribution in [0.4, 0.5) is 17.5 Å². The fourth-order valence-corrected chi connectivity index (χ4v) is 2.09. The Balaban J connectivity index is 3.37. The van der Waals surface area contributed by atoms with Crippen LogP contribution in [0.3, 0.4) is 0 Å². The van der Waals surface area contributed by atoms with E-state index < -0.39 is 4.92 Å². The molecule has 0 atom stereocenters. The highest BCUT2D eigenvalue weighted by Gasteiger charge is 2.27. The summed E-state index contributed by atoms with van der Waals surface area (Å²) in [6.07, 6.45) is 1.75. The Morgan fingerprint density at radius 1 is 1.42 bits per heavy atom. The molecule has 1 heterocycles. The van der Waals surface area contributed by atoms with Crippen LogP contribution >= 0.6 is 0 Å².